The van der Waals surface area contributed by atoms with Gasteiger partial charge in [0.1, 0.15) is 0 Å². The lowest BCUT2D eigenvalue weighted by Gasteiger charge is -2.33. The average molecular weight is 192 g/mol. The van der Waals surface area contributed by atoms with Crippen molar-refractivity contribution >= 4 is 15.9 Å². The molecule has 1 saturated carbocycles. The van der Waals surface area contributed by atoms with Crippen molar-refractivity contribution in [2.45, 2.75) is 17.7 Å². The van der Waals surface area contributed by atoms with E-state index in [-0.39, 0.29) is 0 Å². The summed E-state index contributed by atoms with van der Waals surface area (Å²) in [5, 5.41) is 0. The van der Waals surface area contributed by atoms with Crippen molar-refractivity contribution in [3.8, 4) is 0 Å². The van der Waals surface area contributed by atoms with E-state index >= 15 is 0 Å². The number of halogens is 1. The van der Waals surface area contributed by atoms with Gasteiger partial charge in [-0.25, -0.2) is 0 Å². The molecule has 0 aliphatic heterocycles. The first-order chi connectivity index (χ1) is 4.18. The summed E-state index contributed by atoms with van der Waals surface area (Å²) in [6.45, 7) is 1.27. The average Bonchev–Trinajstić information content (AvgIpc) is 1.60. The van der Waals surface area contributed by atoms with Gasteiger partial charge in [-0.15, -0.1) is 0 Å². The van der Waals surface area contributed by atoms with E-state index in [2.05, 4.69) is 34.9 Å². The first-order valence-corrected chi connectivity index (χ1v) is 4.39. The zero-order valence-electron chi connectivity index (χ0n) is 6.10. The van der Waals surface area contributed by atoms with Crippen LogP contribution in [0.5, 0.6) is 0 Å². The highest BCUT2D eigenvalue weighted by Gasteiger charge is 2.26. The topological polar surface area (TPSA) is 3.24 Å². The largest absolute Gasteiger partial charge is 0.309 e. The molecule has 0 saturated heterocycles. The van der Waals surface area contributed by atoms with Crippen molar-refractivity contribution in [3.05, 3.63) is 0 Å². The van der Waals surface area contributed by atoms with E-state index in [1.165, 1.54) is 19.4 Å². The fourth-order valence-electron chi connectivity index (χ4n) is 1.32. The molecule has 1 fully saturated rings. The lowest BCUT2D eigenvalue weighted by Crippen LogP contribution is -2.32. The van der Waals surface area contributed by atoms with Gasteiger partial charge in [0.25, 0.3) is 0 Å². The Kier molecular flexibility index (Phi) is 2.53. The van der Waals surface area contributed by atoms with Crippen LogP contribution in [-0.4, -0.2) is 30.4 Å². The molecule has 54 valence electrons. The highest BCUT2D eigenvalue weighted by Crippen LogP contribution is 2.33. The Morgan fingerprint density at radius 3 is 2.33 bits per heavy atom. The number of hydrogen-bond acceptors (Lipinski definition) is 1. The van der Waals surface area contributed by atoms with Gasteiger partial charge < -0.3 is 4.90 Å². The molecular formula is C7H14BrN. The summed E-state index contributed by atoms with van der Waals surface area (Å²) in [5.74, 6) is 0.962. The first-order valence-electron chi connectivity index (χ1n) is 3.47. The van der Waals surface area contributed by atoms with E-state index in [1.807, 2.05) is 0 Å². The normalized spacial score (nSPS) is 34.7. The van der Waals surface area contributed by atoms with E-state index in [4.69, 9.17) is 0 Å². The Balaban J connectivity index is 2.04. The van der Waals surface area contributed by atoms with Gasteiger partial charge >= 0.3 is 0 Å². The molecule has 0 aromatic rings. The van der Waals surface area contributed by atoms with E-state index in [9.17, 15) is 0 Å². The molecule has 1 aliphatic rings. The summed E-state index contributed by atoms with van der Waals surface area (Å²) in [6, 6.07) is 0. The van der Waals surface area contributed by atoms with Crippen molar-refractivity contribution in [3.63, 3.8) is 0 Å². The quantitative estimate of drug-likeness (QED) is 0.602. The second kappa shape index (κ2) is 3.02. The second-order valence-electron chi connectivity index (χ2n) is 3.20. The highest BCUT2D eigenvalue weighted by atomic mass is 79.9. The molecular weight excluding hydrogens is 178 g/mol. The van der Waals surface area contributed by atoms with Crippen molar-refractivity contribution in [1.29, 1.82) is 0 Å². The van der Waals surface area contributed by atoms with Gasteiger partial charge in [-0.1, -0.05) is 15.9 Å². The summed E-state index contributed by atoms with van der Waals surface area (Å²) in [5.41, 5.74) is 0. The zero-order valence-corrected chi connectivity index (χ0v) is 7.69. The van der Waals surface area contributed by atoms with Crippen LogP contribution >= 0.6 is 15.9 Å². The van der Waals surface area contributed by atoms with Gasteiger partial charge in [-0.05, 0) is 32.9 Å². The maximum absolute atomic E-state index is 3.57. The van der Waals surface area contributed by atoms with E-state index in [0.717, 1.165) is 10.7 Å². The second-order valence-corrected chi connectivity index (χ2v) is 4.49. The Morgan fingerprint density at radius 2 is 2.00 bits per heavy atom. The minimum absolute atomic E-state index is 0.822. The van der Waals surface area contributed by atoms with Gasteiger partial charge in [0, 0.05) is 11.4 Å². The molecule has 0 heterocycles. The van der Waals surface area contributed by atoms with Gasteiger partial charge in [0.2, 0.25) is 0 Å². The van der Waals surface area contributed by atoms with Gasteiger partial charge in [0.15, 0.2) is 0 Å². The van der Waals surface area contributed by atoms with Crippen molar-refractivity contribution < 1.29 is 0 Å². The SMILES string of the molecule is CN(C)CC1CC(Br)C1. The Bertz CT molecular complexity index is 86.9. The lowest BCUT2D eigenvalue weighted by atomic mass is 9.85. The predicted octanol–water partition coefficient (Wildman–Crippen LogP) is 1.72. The molecule has 9 heavy (non-hydrogen) atoms. The van der Waals surface area contributed by atoms with E-state index in [0.29, 0.717) is 0 Å². The fourth-order valence-corrected chi connectivity index (χ4v) is 2.38. The maximum atomic E-state index is 3.57. The van der Waals surface area contributed by atoms with E-state index < -0.39 is 0 Å². The molecule has 0 bridgehead atoms. The van der Waals surface area contributed by atoms with Crippen LogP contribution in [0, 0.1) is 5.92 Å². The third-order valence-electron chi connectivity index (χ3n) is 1.80. The van der Waals surface area contributed by atoms with Crippen LogP contribution in [0.1, 0.15) is 12.8 Å². The van der Waals surface area contributed by atoms with Crippen LogP contribution in [0.25, 0.3) is 0 Å². The molecule has 1 rings (SSSR count). The van der Waals surface area contributed by atoms with Crippen molar-refractivity contribution in [2.75, 3.05) is 20.6 Å². The molecule has 0 unspecified atom stereocenters. The van der Waals surface area contributed by atoms with Gasteiger partial charge in [-0.3, -0.25) is 0 Å². The molecule has 2 heteroatoms. The zero-order chi connectivity index (χ0) is 6.85. The number of nitrogens with zero attached hydrogens (tertiary/aromatic N) is 1. The number of hydrogen-bond donors (Lipinski definition) is 0. The van der Waals surface area contributed by atoms with Crippen molar-refractivity contribution in [1.82, 2.24) is 4.90 Å². The third kappa shape index (κ3) is 2.26. The van der Waals surface area contributed by atoms with Crippen molar-refractivity contribution in [2.24, 2.45) is 5.92 Å². The van der Waals surface area contributed by atoms with Crippen LogP contribution in [0.3, 0.4) is 0 Å². The lowest BCUT2D eigenvalue weighted by molar-refractivity contribution is 0.241. The summed E-state index contributed by atoms with van der Waals surface area (Å²) in [4.78, 5) is 3.09. The Morgan fingerprint density at radius 1 is 1.44 bits per heavy atom. The Hall–Kier alpha value is 0.440. The summed E-state index contributed by atoms with van der Waals surface area (Å²) in [7, 11) is 4.28. The molecule has 1 aliphatic carbocycles. The molecule has 0 spiro atoms. The maximum Gasteiger partial charge on any atom is 0.0152 e. The standard InChI is InChI=1S/C7H14BrN/c1-9(2)5-6-3-7(8)4-6/h6-7H,3-5H2,1-2H3. The van der Waals surface area contributed by atoms with Gasteiger partial charge in [-0.2, -0.15) is 0 Å². The number of alkyl halides is 1. The summed E-state index contributed by atoms with van der Waals surface area (Å²) in [6.07, 6.45) is 2.75. The smallest absolute Gasteiger partial charge is 0.0152 e. The van der Waals surface area contributed by atoms with Crippen LogP contribution in [0.2, 0.25) is 0 Å². The minimum atomic E-state index is 0.822. The van der Waals surface area contributed by atoms with Crippen LogP contribution < -0.4 is 0 Å². The molecule has 0 atom stereocenters. The number of rotatable bonds is 2. The third-order valence-corrected chi connectivity index (χ3v) is 2.55. The molecule has 0 N–H and O–H groups in total. The van der Waals surface area contributed by atoms with Gasteiger partial charge in [0.05, 0.1) is 0 Å². The minimum Gasteiger partial charge on any atom is -0.309 e. The van der Waals surface area contributed by atoms with Crippen LogP contribution in [0.4, 0.5) is 0 Å². The predicted molar refractivity (Wildman–Crippen MR) is 44.0 cm³/mol. The fraction of sp³-hybridized carbons (Fsp3) is 1.00. The summed E-state index contributed by atoms with van der Waals surface area (Å²) < 4.78 is 0. The Labute approximate surface area is 65.6 Å². The monoisotopic (exact) mass is 191 g/mol. The molecule has 0 amide bonds. The summed E-state index contributed by atoms with van der Waals surface area (Å²) >= 11 is 3.57. The highest BCUT2D eigenvalue weighted by molar-refractivity contribution is 9.09. The molecule has 0 aromatic carbocycles. The molecule has 0 radical (unpaired) electrons. The molecule has 0 aromatic heterocycles. The van der Waals surface area contributed by atoms with E-state index in [1.54, 1.807) is 0 Å². The molecule has 1 nitrogen and oxygen atoms in total. The van der Waals surface area contributed by atoms with Crippen LogP contribution in [-0.2, 0) is 0 Å². The van der Waals surface area contributed by atoms with Crippen LogP contribution in [0.15, 0.2) is 0 Å². The first kappa shape index (κ1) is 7.55.